The van der Waals surface area contributed by atoms with Crippen LogP contribution < -0.4 is 5.32 Å². The van der Waals surface area contributed by atoms with Gasteiger partial charge in [0.15, 0.2) is 0 Å². The van der Waals surface area contributed by atoms with Crippen LogP contribution in [0.15, 0.2) is 0 Å². The third-order valence-electron chi connectivity index (χ3n) is 2.31. The van der Waals surface area contributed by atoms with Crippen molar-refractivity contribution in [1.29, 1.82) is 0 Å². The lowest BCUT2D eigenvalue weighted by atomic mass is 9.90. The fourth-order valence-electron chi connectivity index (χ4n) is 1.79. The van der Waals surface area contributed by atoms with Crippen molar-refractivity contribution in [2.45, 2.75) is 18.5 Å². The highest BCUT2D eigenvalue weighted by Gasteiger charge is 2.44. The average Bonchev–Trinajstić information content (AvgIpc) is 1.87. The third kappa shape index (κ3) is 1.16. The molecule has 0 saturated carbocycles. The highest BCUT2D eigenvalue weighted by Crippen LogP contribution is 2.27. The van der Waals surface area contributed by atoms with Gasteiger partial charge in [0.2, 0.25) is 0 Å². The number of piperazine rings is 1. The average molecular weight is 179 g/mol. The minimum absolute atomic E-state index is 0. The number of fused-ring (bicyclic) bond motifs is 2. The number of amides is 1. The molecular weight excluding hydrogens is 168 g/mol. The second-order valence-electron chi connectivity index (χ2n) is 2.89. The van der Waals surface area contributed by atoms with Gasteiger partial charge in [-0.1, -0.05) is 0 Å². The minimum Gasteiger partial charge on any atom is -0.465 e. The van der Waals surface area contributed by atoms with Crippen LogP contribution in [0, 0.1) is 0 Å². The second-order valence-corrected chi connectivity index (χ2v) is 2.89. The highest BCUT2D eigenvalue weighted by molar-refractivity contribution is 5.85. The molecule has 3 rings (SSSR count). The molecule has 5 heteroatoms. The zero-order chi connectivity index (χ0) is 7.14. The summed E-state index contributed by atoms with van der Waals surface area (Å²) in [7, 11) is 0. The van der Waals surface area contributed by atoms with Gasteiger partial charge < -0.3 is 10.4 Å². The Balaban J connectivity index is 0.000000605. The smallest absolute Gasteiger partial charge is 0.407 e. The first-order valence-electron chi connectivity index (χ1n) is 3.51. The number of carbonyl (C=O) groups is 1. The molecule has 3 saturated heterocycles. The van der Waals surface area contributed by atoms with Gasteiger partial charge in [-0.05, 0) is 6.42 Å². The van der Waals surface area contributed by atoms with E-state index in [0.717, 1.165) is 19.5 Å². The number of rotatable bonds is 0. The van der Waals surface area contributed by atoms with Gasteiger partial charge in [0.25, 0.3) is 0 Å². The molecule has 2 N–H and O–H groups in total. The van der Waals surface area contributed by atoms with Crippen LogP contribution in [-0.2, 0) is 0 Å². The number of carboxylic acid groups (broad SMARTS) is 1. The summed E-state index contributed by atoms with van der Waals surface area (Å²) in [5.74, 6) is 0. The second kappa shape index (κ2) is 2.87. The Labute approximate surface area is 71.0 Å². The van der Waals surface area contributed by atoms with Crippen LogP contribution in [0.25, 0.3) is 0 Å². The predicted molar refractivity (Wildman–Crippen MR) is 42.2 cm³/mol. The standard InChI is InChI=1S/C6H10N2O2.ClH/c9-6(10)8-4-1-5(8)3-7-2-4;/h4-5,7H,1-3H2,(H,9,10);1H. The molecule has 0 aliphatic carbocycles. The first kappa shape index (κ1) is 8.62. The van der Waals surface area contributed by atoms with Crippen molar-refractivity contribution in [2.24, 2.45) is 0 Å². The van der Waals surface area contributed by atoms with Crippen molar-refractivity contribution in [3.8, 4) is 0 Å². The molecule has 0 spiro atoms. The fraction of sp³-hybridized carbons (Fsp3) is 0.833. The molecule has 11 heavy (non-hydrogen) atoms. The molecule has 0 aromatic heterocycles. The van der Waals surface area contributed by atoms with Crippen LogP contribution in [0.1, 0.15) is 6.42 Å². The zero-order valence-electron chi connectivity index (χ0n) is 5.99. The maximum Gasteiger partial charge on any atom is 0.407 e. The topological polar surface area (TPSA) is 52.6 Å². The van der Waals surface area contributed by atoms with E-state index < -0.39 is 6.09 Å². The minimum atomic E-state index is -0.761. The van der Waals surface area contributed by atoms with Crippen molar-refractivity contribution in [2.75, 3.05) is 13.1 Å². The molecule has 0 aromatic rings. The molecule has 2 unspecified atom stereocenters. The van der Waals surface area contributed by atoms with Gasteiger partial charge in [0.05, 0.1) is 0 Å². The molecule has 1 amide bonds. The lowest BCUT2D eigenvalue weighted by Crippen LogP contribution is -2.69. The summed E-state index contributed by atoms with van der Waals surface area (Å²) >= 11 is 0. The van der Waals surface area contributed by atoms with Crippen LogP contribution in [0.2, 0.25) is 0 Å². The van der Waals surface area contributed by atoms with E-state index in [1.54, 1.807) is 4.90 Å². The monoisotopic (exact) mass is 178 g/mol. The number of halogens is 1. The van der Waals surface area contributed by atoms with Crippen LogP contribution in [-0.4, -0.2) is 41.3 Å². The molecule has 3 aliphatic heterocycles. The Morgan fingerprint density at radius 3 is 2.27 bits per heavy atom. The summed E-state index contributed by atoms with van der Waals surface area (Å²) in [5, 5.41) is 11.8. The SMILES string of the molecule is Cl.O=C(O)N1C2CNCC1C2. The van der Waals surface area contributed by atoms with E-state index in [9.17, 15) is 4.79 Å². The van der Waals surface area contributed by atoms with Gasteiger partial charge in [-0.25, -0.2) is 4.79 Å². The van der Waals surface area contributed by atoms with Crippen LogP contribution in [0.4, 0.5) is 4.79 Å². The van der Waals surface area contributed by atoms with Crippen molar-refractivity contribution in [3.63, 3.8) is 0 Å². The number of nitrogens with zero attached hydrogens (tertiary/aromatic N) is 1. The Morgan fingerprint density at radius 2 is 2.00 bits per heavy atom. The summed E-state index contributed by atoms with van der Waals surface area (Å²) in [6.45, 7) is 1.67. The highest BCUT2D eigenvalue weighted by atomic mass is 35.5. The van der Waals surface area contributed by atoms with Crippen molar-refractivity contribution in [3.05, 3.63) is 0 Å². The normalized spacial score (nSPS) is 33.6. The summed E-state index contributed by atoms with van der Waals surface area (Å²) in [4.78, 5) is 12.0. The third-order valence-corrected chi connectivity index (χ3v) is 2.31. The van der Waals surface area contributed by atoms with Crippen LogP contribution in [0.3, 0.4) is 0 Å². The number of nitrogens with one attached hydrogen (secondary N) is 1. The Kier molecular flexibility index (Phi) is 2.25. The van der Waals surface area contributed by atoms with Gasteiger partial charge in [-0.2, -0.15) is 0 Å². The van der Waals surface area contributed by atoms with E-state index >= 15 is 0 Å². The predicted octanol–water partition coefficient (Wildman–Crippen LogP) is 0.132. The quantitative estimate of drug-likeness (QED) is 0.555. The molecule has 3 heterocycles. The molecular formula is C6H11ClN2O2. The maximum absolute atomic E-state index is 10.5. The molecule has 3 aliphatic rings. The first-order chi connectivity index (χ1) is 4.79. The van der Waals surface area contributed by atoms with Crippen molar-refractivity contribution >= 4 is 18.5 Å². The summed E-state index contributed by atoms with van der Waals surface area (Å²) in [6.07, 6.45) is 0.294. The molecule has 0 aromatic carbocycles. The number of hydrogen-bond donors (Lipinski definition) is 2. The fourth-order valence-corrected chi connectivity index (χ4v) is 1.79. The van der Waals surface area contributed by atoms with Crippen LogP contribution in [0.5, 0.6) is 0 Å². The van der Waals surface area contributed by atoms with E-state index in [1.165, 1.54) is 0 Å². The van der Waals surface area contributed by atoms with Crippen molar-refractivity contribution in [1.82, 2.24) is 10.2 Å². The van der Waals surface area contributed by atoms with E-state index in [-0.39, 0.29) is 24.5 Å². The van der Waals surface area contributed by atoms with Gasteiger partial charge in [0, 0.05) is 25.2 Å². The Morgan fingerprint density at radius 1 is 1.45 bits per heavy atom. The molecule has 4 nitrogen and oxygen atoms in total. The number of piperidine rings is 1. The zero-order valence-corrected chi connectivity index (χ0v) is 6.80. The molecule has 3 fully saturated rings. The van der Waals surface area contributed by atoms with Gasteiger partial charge in [-0.3, -0.25) is 4.90 Å². The molecule has 0 radical (unpaired) electrons. The Hall–Kier alpha value is -0.480. The summed E-state index contributed by atoms with van der Waals surface area (Å²) < 4.78 is 0. The lowest BCUT2D eigenvalue weighted by molar-refractivity contribution is 0.000989. The molecule has 64 valence electrons. The molecule has 2 atom stereocenters. The maximum atomic E-state index is 10.5. The van der Waals surface area contributed by atoms with E-state index in [2.05, 4.69) is 5.32 Å². The van der Waals surface area contributed by atoms with Crippen molar-refractivity contribution < 1.29 is 9.90 Å². The van der Waals surface area contributed by atoms with Gasteiger partial charge >= 0.3 is 6.09 Å². The van der Waals surface area contributed by atoms with E-state index in [1.807, 2.05) is 0 Å². The van der Waals surface area contributed by atoms with Gasteiger partial charge in [-0.15, -0.1) is 12.4 Å². The first-order valence-corrected chi connectivity index (χ1v) is 3.51. The largest absolute Gasteiger partial charge is 0.465 e. The van der Waals surface area contributed by atoms with Crippen LogP contribution >= 0.6 is 12.4 Å². The van der Waals surface area contributed by atoms with E-state index in [0.29, 0.717) is 0 Å². The Bertz CT molecular complexity index is 162. The van der Waals surface area contributed by atoms with Gasteiger partial charge in [0.1, 0.15) is 0 Å². The lowest BCUT2D eigenvalue weighted by Gasteiger charge is -2.51. The summed E-state index contributed by atoms with van der Waals surface area (Å²) in [5.41, 5.74) is 0. The summed E-state index contributed by atoms with van der Waals surface area (Å²) in [6, 6.07) is 0.521. The molecule has 2 bridgehead atoms. The number of hydrogen-bond acceptors (Lipinski definition) is 2. The van der Waals surface area contributed by atoms with E-state index in [4.69, 9.17) is 5.11 Å².